The summed E-state index contributed by atoms with van der Waals surface area (Å²) >= 11 is 0. The number of esters is 1. The van der Waals surface area contributed by atoms with Gasteiger partial charge in [-0.15, -0.1) is 0 Å². The molecule has 0 spiro atoms. The van der Waals surface area contributed by atoms with Gasteiger partial charge >= 0.3 is 5.97 Å². The average molecular weight is 270 g/mol. The molecule has 20 heavy (non-hydrogen) atoms. The zero-order valence-corrected chi connectivity index (χ0v) is 11.8. The Labute approximate surface area is 118 Å². The number of aromatic nitrogens is 2. The van der Waals surface area contributed by atoms with Gasteiger partial charge in [-0.1, -0.05) is 0 Å². The molecule has 2 heterocycles. The Morgan fingerprint density at radius 1 is 1.15 bits per heavy atom. The van der Waals surface area contributed by atoms with Gasteiger partial charge in [-0.3, -0.25) is 14.8 Å². The predicted octanol–water partition coefficient (Wildman–Crippen LogP) is 2.95. The second-order valence-corrected chi connectivity index (χ2v) is 4.70. The molecule has 0 saturated heterocycles. The molecule has 2 aromatic rings. The maximum atomic E-state index is 11.1. The molecule has 4 nitrogen and oxygen atoms in total. The molecule has 0 atom stereocenters. The van der Waals surface area contributed by atoms with E-state index in [0.717, 1.165) is 35.4 Å². The predicted molar refractivity (Wildman–Crippen MR) is 77.2 cm³/mol. The van der Waals surface area contributed by atoms with Crippen LogP contribution in [0.4, 0.5) is 0 Å². The van der Waals surface area contributed by atoms with Crippen LogP contribution in [0.15, 0.2) is 36.7 Å². The summed E-state index contributed by atoms with van der Waals surface area (Å²) in [4.78, 5) is 19.8. The maximum absolute atomic E-state index is 11.1. The topological polar surface area (TPSA) is 52.1 Å². The molecule has 0 aromatic carbocycles. The summed E-state index contributed by atoms with van der Waals surface area (Å²) in [6, 6.07) is 7.97. The molecule has 0 amide bonds. The average Bonchev–Trinajstić information content (AvgIpc) is 2.47. The zero-order valence-electron chi connectivity index (χ0n) is 11.8. The Bertz CT molecular complexity index is 597. The van der Waals surface area contributed by atoms with Crippen molar-refractivity contribution in [1.82, 2.24) is 9.97 Å². The van der Waals surface area contributed by atoms with E-state index in [-0.39, 0.29) is 5.97 Å². The van der Waals surface area contributed by atoms with Crippen molar-refractivity contribution >= 4 is 5.97 Å². The summed E-state index contributed by atoms with van der Waals surface area (Å²) < 4.78 is 4.63. The first-order valence-corrected chi connectivity index (χ1v) is 6.64. The lowest BCUT2D eigenvalue weighted by Gasteiger charge is -2.05. The molecule has 0 unspecified atom stereocenters. The highest BCUT2D eigenvalue weighted by Crippen LogP contribution is 2.17. The molecule has 0 fully saturated rings. The highest BCUT2D eigenvalue weighted by molar-refractivity contribution is 5.69. The lowest BCUT2D eigenvalue weighted by molar-refractivity contribution is -0.140. The smallest absolute Gasteiger partial charge is 0.305 e. The largest absolute Gasteiger partial charge is 0.469 e. The normalized spacial score (nSPS) is 10.3. The molecule has 0 aliphatic heterocycles. The van der Waals surface area contributed by atoms with Crippen LogP contribution in [-0.2, 0) is 16.0 Å². The first-order chi connectivity index (χ1) is 9.69. The minimum absolute atomic E-state index is 0.167. The lowest BCUT2D eigenvalue weighted by atomic mass is 10.1. The van der Waals surface area contributed by atoms with Crippen LogP contribution in [0.5, 0.6) is 0 Å². The molecule has 0 bridgehead atoms. The van der Waals surface area contributed by atoms with Crippen LogP contribution in [0.25, 0.3) is 11.4 Å². The Morgan fingerprint density at radius 2 is 1.85 bits per heavy atom. The Balaban J connectivity index is 2.06. The fraction of sp³-hybridized carbons (Fsp3) is 0.312. The Hall–Kier alpha value is -2.23. The van der Waals surface area contributed by atoms with E-state index >= 15 is 0 Å². The number of methoxy groups -OCH3 is 1. The molecular weight excluding hydrogens is 252 g/mol. The molecule has 2 aromatic heterocycles. The summed E-state index contributed by atoms with van der Waals surface area (Å²) in [6.45, 7) is 2.03. The Morgan fingerprint density at radius 3 is 2.55 bits per heavy atom. The summed E-state index contributed by atoms with van der Waals surface area (Å²) in [5.74, 6) is -0.167. The highest BCUT2D eigenvalue weighted by atomic mass is 16.5. The van der Waals surface area contributed by atoms with E-state index in [1.165, 1.54) is 7.11 Å². The summed E-state index contributed by atoms with van der Waals surface area (Å²) in [5.41, 5.74) is 4.05. The van der Waals surface area contributed by atoms with Gasteiger partial charge < -0.3 is 4.74 Å². The fourth-order valence-electron chi connectivity index (χ4n) is 1.99. The van der Waals surface area contributed by atoms with Gasteiger partial charge in [0.25, 0.3) is 0 Å². The van der Waals surface area contributed by atoms with Gasteiger partial charge in [-0.2, -0.15) is 0 Å². The number of aryl methyl sites for hydroxylation is 2. The number of carbonyl (C=O) groups excluding carboxylic acids is 1. The summed E-state index contributed by atoms with van der Waals surface area (Å²) in [7, 11) is 1.41. The van der Waals surface area contributed by atoms with Gasteiger partial charge in [0.2, 0.25) is 0 Å². The van der Waals surface area contributed by atoms with Crippen molar-refractivity contribution in [2.45, 2.75) is 26.2 Å². The van der Waals surface area contributed by atoms with E-state index in [9.17, 15) is 4.79 Å². The van der Waals surface area contributed by atoms with Gasteiger partial charge in [0.1, 0.15) is 0 Å². The van der Waals surface area contributed by atoms with Crippen LogP contribution in [0, 0.1) is 6.92 Å². The van der Waals surface area contributed by atoms with E-state index in [4.69, 9.17) is 0 Å². The van der Waals surface area contributed by atoms with Crippen LogP contribution >= 0.6 is 0 Å². The van der Waals surface area contributed by atoms with Gasteiger partial charge in [-0.25, -0.2) is 0 Å². The quantitative estimate of drug-likeness (QED) is 0.784. The van der Waals surface area contributed by atoms with E-state index in [0.29, 0.717) is 6.42 Å². The van der Waals surface area contributed by atoms with Crippen LogP contribution in [0.2, 0.25) is 0 Å². The van der Waals surface area contributed by atoms with Gasteiger partial charge in [0, 0.05) is 18.8 Å². The minimum Gasteiger partial charge on any atom is -0.469 e. The van der Waals surface area contributed by atoms with E-state index in [1.807, 2.05) is 31.2 Å². The molecule has 104 valence electrons. The van der Waals surface area contributed by atoms with Crippen LogP contribution in [-0.4, -0.2) is 23.0 Å². The van der Waals surface area contributed by atoms with E-state index < -0.39 is 0 Å². The van der Waals surface area contributed by atoms with Crippen molar-refractivity contribution in [3.63, 3.8) is 0 Å². The van der Waals surface area contributed by atoms with Crippen molar-refractivity contribution in [3.05, 3.63) is 47.8 Å². The SMILES string of the molecule is COC(=O)CCCc1ccnc(-c2cc(C)ccn2)c1. The number of carbonyl (C=O) groups is 1. The summed E-state index contributed by atoms with van der Waals surface area (Å²) in [6.07, 6.45) is 5.62. The van der Waals surface area contributed by atoms with Gasteiger partial charge in [-0.05, 0) is 55.2 Å². The first-order valence-electron chi connectivity index (χ1n) is 6.64. The number of hydrogen-bond donors (Lipinski definition) is 0. The van der Waals surface area contributed by atoms with Crippen molar-refractivity contribution in [3.8, 4) is 11.4 Å². The molecule has 0 saturated carbocycles. The van der Waals surface area contributed by atoms with Crippen molar-refractivity contribution in [1.29, 1.82) is 0 Å². The zero-order chi connectivity index (χ0) is 14.4. The van der Waals surface area contributed by atoms with Gasteiger partial charge in [0.05, 0.1) is 18.5 Å². The number of rotatable bonds is 5. The van der Waals surface area contributed by atoms with Crippen LogP contribution in [0.3, 0.4) is 0 Å². The maximum Gasteiger partial charge on any atom is 0.305 e. The number of hydrogen-bond acceptors (Lipinski definition) is 4. The fourth-order valence-corrected chi connectivity index (χ4v) is 1.99. The third-order valence-corrected chi connectivity index (χ3v) is 3.08. The second kappa shape index (κ2) is 6.80. The molecule has 4 heteroatoms. The van der Waals surface area contributed by atoms with Crippen LogP contribution in [0.1, 0.15) is 24.0 Å². The number of ether oxygens (including phenoxy) is 1. The van der Waals surface area contributed by atoms with E-state index in [2.05, 4.69) is 14.7 Å². The highest BCUT2D eigenvalue weighted by Gasteiger charge is 2.04. The summed E-state index contributed by atoms with van der Waals surface area (Å²) in [5, 5.41) is 0. The molecular formula is C16H18N2O2. The molecule has 0 aliphatic carbocycles. The molecule has 0 N–H and O–H groups in total. The number of pyridine rings is 2. The van der Waals surface area contributed by atoms with Gasteiger partial charge in [0.15, 0.2) is 0 Å². The second-order valence-electron chi connectivity index (χ2n) is 4.70. The Kier molecular flexibility index (Phi) is 4.82. The lowest BCUT2D eigenvalue weighted by Crippen LogP contribution is -2.00. The first kappa shape index (κ1) is 14.2. The van der Waals surface area contributed by atoms with Crippen LogP contribution < -0.4 is 0 Å². The third kappa shape index (κ3) is 3.88. The minimum atomic E-state index is -0.167. The monoisotopic (exact) mass is 270 g/mol. The molecule has 0 radical (unpaired) electrons. The standard InChI is InChI=1S/C16H18N2O2/c1-12-6-8-17-14(10-12)15-11-13(7-9-18-15)4-3-5-16(19)20-2/h6-11H,3-5H2,1-2H3. The van der Waals surface area contributed by atoms with Crippen molar-refractivity contribution in [2.75, 3.05) is 7.11 Å². The number of nitrogens with zero attached hydrogens (tertiary/aromatic N) is 2. The van der Waals surface area contributed by atoms with Crippen molar-refractivity contribution < 1.29 is 9.53 Å². The molecule has 2 rings (SSSR count). The third-order valence-electron chi connectivity index (χ3n) is 3.08. The molecule has 0 aliphatic rings. The van der Waals surface area contributed by atoms with Crippen molar-refractivity contribution in [2.24, 2.45) is 0 Å². The van der Waals surface area contributed by atoms with E-state index in [1.54, 1.807) is 12.4 Å².